The molecule has 1 atom stereocenters. The Hall–Kier alpha value is -0.360. The zero-order valence-electron chi connectivity index (χ0n) is 11.5. The van der Waals surface area contributed by atoms with E-state index in [0.717, 1.165) is 21.2 Å². The smallest absolute Gasteiger partial charge is 0.124 e. The van der Waals surface area contributed by atoms with Crippen LogP contribution in [-0.2, 0) is 6.42 Å². The average molecular weight is 438 g/mol. The molecule has 21 heavy (non-hydrogen) atoms. The second kappa shape index (κ2) is 7.77. The molecule has 112 valence electrons. The van der Waals surface area contributed by atoms with Gasteiger partial charge >= 0.3 is 0 Å². The summed E-state index contributed by atoms with van der Waals surface area (Å²) >= 11 is 14.5. The number of rotatable bonds is 5. The van der Waals surface area contributed by atoms with Crippen LogP contribution in [0.15, 0.2) is 36.4 Å². The lowest BCUT2D eigenvalue weighted by atomic mass is 9.98. The average Bonchev–Trinajstić information content (AvgIpc) is 2.44. The second-order valence-corrected chi connectivity index (χ2v) is 6.72. The lowest BCUT2D eigenvalue weighted by Crippen LogP contribution is -2.24. The molecule has 0 saturated heterocycles. The molecule has 0 amide bonds. The Morgan fingerprint density at radius 1 is 1.19 bits per heavy atom. The van der Waals surface area contributed by atoms with Gasteiger partial charge in [0.2, 0.25) is 0 Å². The fraction of sp³-hybridized carbons (Fsp3) is 0.250. The number of halogens is 4. The van der Waals surface area contributed by atoms with E-state index in [-0.39, 0.29) is 11.9 Å². The topological polar surface area (TPSA) is 12.0 Å². The Kier molecular flexibility index (Phi) is 6.29. The normalized spacial score (nSPS) is 12.4. The Bertz CT molecular complexity index is 634. The van der Waals surface area contributed by atoms with Gasteiger partial charge in [0.15, 0.2) is 0 Å². The molecule has 0 fully saturated rings. The molecule has 0 spiro atoms. The summed E-state index contributed by atoms with van der Waals surface area (Å²) in [4.78, 5) is 0. The van der Waals surface area contributed by atoms with Crippen molar-refractivity contribution in [3.8, 4) is 0 Å². The lowest BCUT2D eigenvalue weighted by molar-refractivity contribution is 0.546. The summed E-state index contributed by atoms with van der Waals surface area (Å²) < 4.78 is 14.3. The minimum atomic E-state index is -0.318. The van der Waals surface area contributed by atoms with E-state index in [2.05, 4.69) is 34.8 Å². The first-order chi connectivity index (χ1) is 10.0. The van der Waals surface area contributed by atoms with Crippen molar-refractivity contribution in [2.45, 2.75) is 19.4 Å². The lowest BCUT2D eigenvalue weighted by Gasteiger charge is -2.21. The summed E-state index contributed by atoms with van der Waals surface area (Å²) in [6.07, 6.45) is 0.684. The van der Waals surface area contributed by atoms with E-state index in [0.29, 0.717) is 16.5 Å². The molecule has 5 heteroatoms. The fourth-order valence-corrected chi connectivity index (χ4v) is 3.36. The Morgan fingerprint density at radius 2 is 1.95 bits per heavy atom. The molecule has 1 N–H and O–H groups in total. The van der Waals surface area contributed by atoms with Crippen LogP contribution in [0.3, 0.4) is 0 Å². The summed E-state index contributed by atoms with van der Waals surface area (Å²) in [6.45, 7) is 2.88. The largest absolute Gasteiger partial charge is 0.310 e. The second-order valence-electron chi connectivity index (χ2n) is 4.72. The first-order valence-corrected chi connectivity index (χ1v) is 8.47. The van der Waals surface area contributed by atoms with Gasteiger partial charge in [-0.15, -0.1) is 0 Å². The van der Waals surface area contributed by atoms with Crippen molar-refractivity contribution in [2.75, 3.05) is 6.54 Å². The van der Waals surface area contributed by atoms with E-state index >= 15 is 0 Å². The molecule has 1 nitrogen and oxygen atoms in total. The van der Waals surface area contributed by atoms with E-state index in [1.807, 2.05) is 18.2 Å². The first-order valence-electron chi connectivity index (χ1n) is 6.63. The third-order valence-electron chi connectivity index (χ3n) is 3.22. The van der Waals surface area contributed by atoms with Crippen LogP contribution in [0.2, 0.25) is 10.0 Å². The summed E-state index contributed by atoms with van der Waals surface area (Å²) in [7, 11) is 0. The maximum absolute atomic E-state index is 13.2. The molecule has 0 bridgehead atoms. The van der Waals surface area contributed by atoms with Crippen LogP contribution in [0, 0.1) is 9.39 Å². The third-order valence-corrected chi connectivity index (χ3v) is 4.79. The molecule has 1 unspecified atom stereocenters. The summed E-state index contributed by atoms with van der Waals surface area (Å²) in [6, 6.07) is 10.4. The van der Waals surface area contributed by atoms with Crippen molar-refractivity contribution in [3.63, 3.8) is 0 Å². The van der Waals surface area contributed by atoms with Gasteiger partial charge in [0, 0.05) is 19.7 Å². The Labute approximate surface area is 148 Å². The zero-order valence-corrected chi connectivity index (χ0v) is 15.1. The molecule has 2 rings (SSSR count). The number of hydrogen-bond donors (Lipinski definition) is 1. The third kappa shape index (κ3) is 4.55. The van der Waals surface area contributed by atoms with Gasteiger partial charge in [-0.3, -0.25) is 0 Å². The van der Waals surface area contributed by atoms with E-state index < -0.39 is 0 Å². The molecule has 0 saturated carbocycles. The molecule has 2 aromatic rings. The van der Waals surface area contributed by atoms with Crippen LogP contribution in [0.1, 0.15) is 24.1 Å². The Balaban J connectivity index is 2.32. The van der Waals surface area contributed by atoms with E-state index in [1.165, 1.54) is 12.1 Å². The molecule has 0 aromatic heterocycles. The SMILES string of the molecule is CCNC(Cc1ccc(F)cc1Cl)c1cc(Cl)ccc1I. The van der Waals surface area contributed by atoms with Crippen LogP contribution in [0.4, 0.5) is 4.39 Å². The standard InChI is InChI=1S/C16H15Cl2FIN/c1-2-21-16(13-8-11(17)4-6-15(13)20)7-10-3-5-12(19)9-14(10)18/h3-6,8-9,16,21H,2,7H2,1H3. The molecule has 0 aliphatic carbocycles. The van der Waals surface area contributed by atoms with E-state index in [1.54, 1.807) is 6.07 Å². The monoisotopic (exact) mass is 437 g/mol. The van der Waals surface area contributed by atoms with E-state index in [4.69, 9.17) is 23.2 Å². The van der Waals surface area contributed by atoms with Gasteiger partial charge in [-0.25, -0.2) is 4.39 Å². The van der Waals surface area contributed by atoms with Gasteiger partial charge in [0.05, 0.1) is 0 Å². The number of benzene rings is 2. The highest BCUT2D eigenvalue weighted by molar-refractivity contribution is 14.1. The summed E-state index contributed by atoms with van der Waals surface area (Å²) in [5.41, 5.74) is 2.05. The predicted octanol–water partition coefficient (Wildman–Crippen LogP) is 5.63. The van der Waals surface area contributed by atoms with Crippen LogP contribution in [0.25, 0.3) is 0 Å². The van der Waals surface area contributed by atoms with Crippen molar-refractivity contribution in [1.29, 1.82) is 0 Å². The van der Waals surface area contributed by atoms with Crippen molar-refractivity contribution < 1.29 is 4.39 Å². The highest BCUT2D eigenvalue weighted by Crippen LogP contribution is 2.29. The van der Waals surface area contributed by atoms with E-state index in [9.17, 15) is 4.39 Å². The first kappa shape index (κ1) is 17.0. The maximum Gasteiger partial charge on any atom is 0.124 e. The summed E-state index contributed by atoms with van der Waals surface area (Å²) in [5.74, 6) is -0.318. The van der Waals surface area contributed by atoms with Crippen molar-refractivity contribution in [1.82, 2.24) is 5.32 Å². The highest BCUT2D eigenvalue weighted by atomic mass is 127. The maximum atomic E-state index is 13.2. The van der Waals surface area contributed by atoms with Crippen molar-refractivity contribution in [3.05, 3.63) is 67.0 Å². The number of likely N-dealkylation sites (N-methyl/N-ethyl adjacent to an activating group) is 1. The molecular formula is C16H15Cl2FIN. The van der Waals surface area contributed by atoms with Crippen LogP contribution in [0.5, 0.6) is 0 Å². The minimum Gasteiger partial charge on any atom is -0.310 e. The molecule has 0 aliphatic rings. The molecule has 0 aliphatic heterocycles. The van der Waals surface area contributed by atoms with Crippen LogP contribution >= 0.6 is 45.8 Å². The van der Waals surface area contributed by atoms with Gasteiger partial charge in [0.1, 0.15) is 5.82 Å². The predicted molar refractivity (Wildman–Crippen MR) is 95.7 cm³/mol. The molecular weight excluding hydrogens is 423 g/mol. The van der Waals surface area contributed by atoms with Crippen molar-refractivity contribution >= 4 is 45.8 Å². The quantitative estimate of drug-likeness (QED) is 0.597. The number of hydrogen-bond acceptors (Lipinski definition) is 1. The Morgan fingerprint density at radius 3 is 2.62 bits per heavy atom. The minimum absolute atomic E-state index is 0.0866. The van der Waals surface area contributed by atoms with Gasteiger partial charge < -0.3 is 5.32 Å². The highest BCUT2D eigenvalue weighted by Gasteiger charge is 2.16. The van der Waals surface area contributed by atoms with Gasteiger partial charge in [0.25, 0.3) is 0 Å². The van der Waals surface area contributed by atoms with Gasteiger partial charge in [-0.05, 0) is 77.0 Å². The zero-order chi connectivity index (χ0) is 15.4. The molecule has 0 radical (unpaired) electrons. The summed E-state index contributed by atoms with van der Waals surface area (Å²) in [5, 5.41) is 4.60. The molecule has 0 heterocycles. The number of nitrogens with one attached hydrogen (secondary N) is 1. The van der Waals surface area contributed by atoms with Gasteiger partial charge in [-0.2, -0.15) is 0 Å². The van der Waals surface area contributed by atoms with Gasteiger partial charge in [-0.1, -0.05) is 36.2 Å². The van der Waals surface area contributed by atoms with Crippen LogP contribution in [-0.4, -0.2) is 6.54 Å². The van der Waals surface area contributed by atoms with Crippen LogP contribution < -0.4 is 5.32 Å². The molecule has 2 aromatic carbocycles. The fourth-order valence-electron chi connectivity index (χ4n) is 2.23. The van der Waals surface area contributed by atoms with Crippen molar-refractivity contribution in [2.24, 2.45) is 0 Å².